The molecular formula is C17H11N2O3S-. The van der Waals surface area contributed by atoms with Crippen LogP contribution in [0.3, 0.4) is 0 Å². The molecule has 0 spiro atoms. The van der Waals surface area contributed by atoms with E-state index in [9.17, 15) is 14.7 Å². The van der Waals surface area contributed by atoms with Crippen LogP contribution in [-0.4, -0.2) is 15.5 Å². The molecule has 0 N–H and O–H groups in total. The summed E-state index contributed by atoms with van der Waals surface area (Å²) in [5.41, 5.74) is 1.27. The molecule has 4 rings (SSSR count). The largest absolute Gasteiger partial charge is 0.545 e. The SMILES string of the molecule is O=C([O-])c1ccc2c(=O)n3c(nc2c1)/C(=C/c1cccs1)CC3. The Morgan fingerprint density at radius 3 is 2.96 bits per heavy atom. The van der Waals surface area contributed by atoms with Crippen LogP contribution >= 0.6 is 11.3 Å². The van der Waals surface area contributed by atoms with Gasteiger partial charge in [0.25, 0.3) is 5.56 Å². The van der Waals surface area contributed by atoms with Gasteiger partial charge < -0.3 is 9.90 Å². The van der Waals surface area contributed by atoms with Gasteiger partial charge in [-0.3, -0.25) is 9.36 Å². The maximum atomic E-state index is 12.6. The molecule has 23 heavy (non-hydrogen) atoms. The van der Waals surface area contributed by atoms with Gasteiger partial charge in [0.05, 0.1) is 16.9 Å². The van der Waals surface area contributed by atoms with Crippen molar-refractivity contribution in [2.24, 2.45) is 0 Å². The zero-order chi connectivity index (χ0) is 16.0. The van der Waals surface area contributed by atoms with Crippen molar-refractivity contribution in [1.82, 2.24) is 9.55 Å². The van der Waals surface area contributed by atoms with Crippen LogP contribution in [0.5, 0.6) is 0 Å². The Kier molecular flexibility index (Phi) is 3.12. The third-order valence-electron chi connectivity index (χ3n) is 3.94. The molecule has 0 bridgehead atoms. The smallest absolute Gasteiger partial charge is 0.261 e. The minimum Gasteiger partial charge on any atom is -0.545 e. The molecule has 2 aromatic heterocycles. The molecule has 0 saturated carbocycles. The number of allylic oxidation sites excluding steroid dienone is 1. The van der Waals surface area contributed by atoms with Gasteiger partial charge >= 0.3 is 0 Å². The van der Waals surface area contributed by atoms with Gasteiger partial charge in [-0.05, 0) is 47.2 Å². The average Bonchev–Trinajstić information content (AvgIpc) is 3.18. The predicted octanol–water partition coefficient (Wildman–Crippen LogP) is 1.77. The van der Waals surface area contributed by atoms with Crippen molar-refractivity contribution in [2.75, 3.05) is 0 Å². The maximum Gasteiger partial charge on any atom is 0.261 e. The number of nitrogens with zero attached hydrogens (tertiary/aromatic N) is 2. The van der Waals surface area contributed by atoms with E-state index in [0.29, 0.717) is 23.3 Å². The Balaban J connectivity index is 1.94. The Labute approximate surface area is 135 Å². The summed E-state index contributed by atoms with van der Waals surface area (Å²) in [6.07, 6.45) is 2.77. The molecule has 1 aliphatic rings. The maximum absolute atomic E-state index is 12.6. The van der Waals surface area contributed by atoms with Crippen LogP contribution in [0.1, 0.15) is 27.5 Å². The number of carbonyl (C=O) groups is 1. The molecule has 3 aromatic rings. The molecule has 0 atom stereocenters. The van der Waals surface area contributed by atoms with Crippen LogP contribution in [-0.2, 0) is 6.54 Å². The second-order valence-corrected chi connectivity index (χ2v) is 6.33. The van der Waals surface area contributed by atoms with E-state index in [1.165, 1.54) is 18.2 Å². The summed E-state index contributed by atoms with van der Waals surface area (Å²) in [5, 5.41) is 13.4. The summed E-state index contributed by atoms with van der Waals surface area (Å²) in [7, 11) is 0. The highest BCUT2D eigenvalue weighted by Crippen LogP contribution is 2.28. The summed E-state index contributed by atoms with van der Waals surface area (Å²) in [5.74, 6) is -0.657. The zero-order valence-electron chi connectivity index (χ0n) is 12.0. The first-order valence-corrected chi connectivity index (χ1v) is 8.02. The zero-order valence-corrected chi connectivity index (χ0v) is 12.8. The van der Waals surface area contributed by atoms with Gasteiger partial charge in [0.1, 0.15) is 5.82 Å². The molecule has 3 heterocycles. The lowest BCUT2D eigenvalue weighted by atomic mass is 10.1. The quantitative estimate of drug-likeness (QED) is 0.720. The van der Waals surface area contributed by atoms with Crippen LogP contribution in [0.4, 0.5) is 0 Å². The molecular weight excluding hydrogens is 312 g/mol. The van der Waals surface area contributed by atoms with E-state index < -0.39 is 5.97 Å². The number of hydrogen-bond donors (Lipinski definition) is 0. The summed E-state index contributed by atoms with van der Waals surface area (Å²) in [6, 6.07) is 8.26. The number of benzene rings is 1. The van der Waals surface area contributed by atoms with Gasteiger partial charge in [-0.2, -0.15) is 0 Å². The summed E-state index contributed by atoms with van der Waals surface area (Å²) in [6.45, 7) is 0.594. The molecule has 6 heteroatoms. The molecule has 0 aliphatic carbocycles. The van der Waals surface area contributed by atoms with E-state index in [2.05, 4.69) is 4.98 Å². The monoisotopic (exact) mass is 323 g/mol. The van der Waals surface area contributed by atoms with E-state index in [0.717, 1.165) is 16.9 Å². The number of aromatic carboxylic acids is 1. The number of carboxylic acids is 1. The lowest BCUT2D eigenvalue weighted by Crippen LogP contribution is -2.23. The molecule has 0 unspecified atom stereocenters. The van der Waals surface area contributed by atoms with Gasteiger partial charge in [-0.1, -0.05) is 12.1 Å². The standard InChI is InChI=1S/C17H12N2O3S/c20-16-13-4-3-11(17(21)22)9-14(13)18-15-10(5-6-19(15)16)8-12-2-1-7-23-12/h1-4,7-9H,5-6H2,(H,21,22)/p-1/b10-8+. The number of hydrogen-bond acceptors (Lipinski definition) is 5. The second kappa shape index (κ2) is 5.17. The fraction of sp³-hybridized carbons (Fsp3) is 0.118. The van der Waals surface area contributed by atoms with E-state index in [-0.39, 0.29) is 11.1 Å². The molecule has 1 aliphatic heterocycles. The van der Waals surface area contributed by atoms with Gasteiger partial charge in [0, 0.05) is 11.4 Å². The molecule has 5 nitrogen and oxygen atoms in total. The number of fused-ring (bicyclic) bond motifs is 2. The molecule has 0 radical (unpaired) electrons. The number of carbonyl (C=O) groups excluding carboxylic acids is 1. The molecule has 0 fully saturated rings. The predicted molar refractivity (Wildman–Crippen MR) is 87.1 cm³/mol. The van der Waals surface area contributed by atoms with Crippen molar-refractivity contribution < 1.29 is 9.90 Å². The minimum atomic E-state index is -1.27. The first kappa shape index (κ1) is 13.9. The first-order valence-electron chi connectivity index (χ1n) is 7.14. The van der Waals surface area contributed by atoms with E-state index in [1.54, 1.807) is 15.9 Å². The third kappa shape index (κ3) is 2.27. The molecule has 0 saturated heterocycles. The van der Waals surface area contributed by atoms with Crippen LogP contribution in [0.15, 0.2) is 40.5 Å². The number of thiophene rings is 1. The van der Waals surface area contributed by atoms with Crippen LogP contribution < -0.4 is 10.7 Å². The van der Waals surface area contributed by atoms with Crippen molar-refractivity contribution in [3.8, 4) is 0 Å². The normalized spacial score (nSPS) is 15.2. The topological polar surface area (TPSA) is 75.0 Å². The Morgan fingerprint density at radius 2 is 2.22 bits per heavy atom. The van der Waals surface area contributed by atoms with Crippen LogP contribution in [0.25, 0.3) is 22.6 Å². The van der Waals surface area contributed by atoms with Crippen molar-refractivity contribution >= 4 is 39.9 Å². The van der Waals surface area contributed by atoms with Crippen molar-refractivity contribution in [3.05, 3.63) is 62.3 Å². The fourth-order valence-electron chi connectivity index (χ4n) is 2.83. The summed E-state index contributed by atoms with van der Waals surface area (Å²) in [4.78, 5) is 29.2. The lowest BCUT2D eigenvalue weighted by Gasteiger charge is -2.07. The second-order valence-electron chi connectivity index (χ2n) is 5.35. The Hall–Kier alpha value is -2.73. The minimum absolute atomic E-state index is 0.0242. The Morgan fingerprint density at radius 1 is 1.35 bits per heavy atom. The highest BCUT2D eigenvalue weighted by molar-refractivity contribution is 7.10. The van der Waals surface area contributed by atoms with E-state index >= 15 is 0 Å². The van der Waals surface area contributed by atoms with Crippen molar-refractivity contribution in [2.45, 2.75) is 13.0 Å². The van der Waals surface area contributed by atoms with E-state index in [4.69, 9.17) is 0 Å². The van der Waals surface area contributed by atoms with Gasteiger partial charge in [0.2, 0.25) is 0 Å². The Bertz CT molecular complexity index is 1020. The van der Waals surface area contributed by atoms with Crippen molar-refractivity contribution in [3.63, 3.8) is 0 Å². The number of carboxylic acid groups (broad SMARTS) is 1. The first-order chi connectivity index (χ1) is 11.1. The van der Waals surface area contributed by atoms with Crippen molar-refractivity contribution in [1.29, 1.82) is 0 Å². The van der Waals surface area contributed by atoms with Crippen LogP contribution in [0, 0.1) is 0 Å². The highest BCUT2D eigenvalue weighted by Gasteiger charge is 2.21. The fourth-order valence-corrected chi connectivity index (χ4v) is 3.51. The van der Waals surface area contributed by atoms with Gasteiger partial charge in [0.15, 0.2) is 0 Å². The van der Waals surface area contributed by atoms with E-state index in [1.807, 2.05) is 23.6 Å². The summed E-state index contributed by atoms with van der Waals surface area (Å²) < 4.78 is 1.65. The van der Waals surface area contributed by atoms with Gasteiger partial charge in [-0.15, -0.1) is 11.3 Å². The average molecular weight is 323 g/mol. The number of rotatable bonds is 2. The van der Waals surface area contributed by atoms with Gasteiger partial charge in [-0.25, -0.2) is 4.98 Å². The highest BCUT2D eigenvalue weighted by atomic mass is 32.1. The molecule has 1 aromatic carbocycles. The third-order valence-corrected chi connectivity index (χ3v) is 4.76. The molecule has 114 valence electrons. The summed E-state index contributed by atoms with van der Waals surface area (Å²) >= 11 is 1.62. The van der Waals surface area contributed by atoms with Crippen LogP contribution in [0.2, 0.25) is 0 Å². The lowest BCUT2D eigenvalue weighted by molar-refractivity contribution is -0.255. The molecule has 0 amide bonds. The number of aromatic nitrogens is 2.